The molecule has 0 bridgehead atoms. The Labute approximate surface area is 183 Å². The van der Waals surface area contributed by atoms with Gasteiger partial charge in [-0.1, -0.05) is 32.1 Å². The molecule has 0 spiro atoms. The summed E-state index contributed by atoms with van der Waals surface area (Å²) in [5.74, 6) is 1.68. The van der Waals surface area contributed by atoms with Crippen LogP contribution < -0.4 is 14.2 Å². The molecule has 1 aromatic rings. The second-order valence-electron chi connectivity index (χ2n) is 8.87. The first kappa shape index (κ1) is 21.5. The van der Waals surface area contributed by atoms with Gasteiger partial charge in [0.25, 0.3) is 0 Å². The summed E-state index contributed by atoms with van der Waals surface area (Å²) in [6.07, 6.45) is 8.82. The smallest absolute Gasteiger partial charge is 0.374 e. The van der Waals surface area contributed by atoms with Gasteiger partial charge in [0.2, 0.25) is 5.76 Å². The summed E-state index contributed by atoms with van der Waals surface area (Å²) in [5.41, 5.74) is 1.55. The zero-order valence-electron chi connectivity index (χ0n) is 18.7. The van der Waals surface area contributed by atoms with Crippen molar-refractivity contribution in [3.63, 3.8) is 0 Å². The van der Waals surface area contributed by atoms with Crippen molar-refractivity contribution in [3.8, 4) is 17.2 Å². The van der Waals surface area contributed by atoms with Crippen LogP contribution in [0.2, 0.25) is 0 Å². The van der Waals surface area contributed by atoms with E-state index in [1.54, 1.807) is 33.1 Å². The standard InChI is InChI=1S/C25H30O6/c1-6-29-24(26)19-12-15(10-9-14(2)3)20-17(30-19)13-18-21(22(20)28-5)16-8-7-11-25(4,27)23(16)31-18/h7-8,10,12-14,16,23,27H,6,9,11H2,1-5H3/t16-,23+,25-/m1/s1. The predicted octanol–water partition coefficient (Wildman–Crippen LogP) is 4.52. The van der Waals surface area contributed by atoms with Gasteiger partial charge in [-0.05, 0) is 44.3 Å². The van der Waals surface area contributed by atoms with Crippen LogP contribution in [0.25, 0.3) is 5.57 Å². The number of hydrogen-bond acceptors (Lipinski definition) is 6. The van der Waals surface area contributed by atoms with Crippen molar-refractivity contribution in [2.75, 3.05) is 13.7 Å². The van der Waals surface area contributed by atoms with E-state index >= 15 is 0 Å². The van der Waals surface area contributed by atoms with Gasteiger partial charge in [-0.25, -0.2) is 4.79 Å². The van der Waals surface area contributed by atoms with Crippen LogP contribution in [0.3, 0.4) is 0 Å². The monoisotopic (exact) mass is 426 g/mol. The fraction of sp³-hybridized carbons (Fsp3) is 0.480. The molecular weight excluding hydrogens is 396 g/mol. The molecule has 2 aliphatic heterocycles. The highest BCUT2D eigenvalue weighted by Gasteiger charge is 2.49. The highest BCUT2D eigenvalue weighted by atomic mass is 16.6. The third kappa shape index (κ3) is 3.74. The minimum Gasteiger partial charge on any atom is -0.496 e. The van der Waals surface area contributed by atoms with E-state index < -0.39 is 17.7 Å². The van der Waals surface area contributed by atoms with E-state index in [1.807, 2.05) is 6.08 Å². The van der Waals surface area contributed by atoms with Gasteiger partial charge < -0.3 is 24.1 Å². The maximum Gasteiger partial charge on any atom is 0.374 e. The van der Waals surface area contributed by atoms with Crippen LogP contribution in [0.1, 0.15) is 57.6 Å². The molecule has 0 radical (unpaired) electrons. The molecule has 2 heterocycles. The average Bonchev–Trinajstić information content (AvgIpc) is 3.10. The molecule has 1 aromatic carbocycles. The summed E-state index contributed by atoms with van der Waals surface area (Å²) in [6, 6.07) is 1.80. The molecule has 0 saturated heterocycles. The number of benzene rings is 1. The van der Waals surface area contributed by atoms with Crippen LogP contribution in [0.15, 0.2) is 36.1 Å². The van der Waals surface area contributed by atoms with Crippen LogP contribution in [-0.2, 0) is 9.53 Å². The zero-order chi connectivity index (χ0) is 22.3. The van der Waals surface area contributed by atoms with Crippen molar-refractivity contribution in [2.24, 2.45) is 5.92 Å². The number of carbonyl (C=O) groups excluding carboxylic acids is 1. The summed E-state index contributed by atoms with van der Waals surface area (Å²) in [5, 5.41) is 10.9. The molecule has 0 aromatic heterocycles. The number of aliphatic hydroxyl groups is 1. The maximum absolute atomic E-state index is 12.4. The Kier molecular flexibility index (Phi) is 5.60. The molecule has 6 nitrogen and oxygen atoms in total. The highest BCUT2D eigenvalue weighted by molar-refractivity contribution is 5.96. The molecule has 1 aliphatic carbocycles. The molecule has 1 N–H and O–H groups in total. The lowest BCUT2D eigenvalue weighted by atomic mass is 9.78. The number of ether oxygens (including phenoxy) is 4. The van der Waals surface area contributed by atoms with Crippen molar-refractivity contribution >= 4 is 11.5 Å². The Morgan fingerprint density at radius 2 is 2.16 bits per heavy atom. The van der Waals surface area contributed by atoms with E-state index in [4.69, 9.17) is 18.9 Å². The minimum atomic E-state index is -0.991. The Bertz CT molecular complexity index is 982. The van der Waals surface area contributed by atoms with Gasteiger partial charge in [0.05, 0.1) is 19.3 Å². The van der Waals surface area contributed by atoms with Gasteiger partial charge in [-0.15, -0.1) is 0 Å². The van der Waals surface area contributed by atoms with Crippen LogP contribution in [0.4, 0.5) is 0 Å². The number of fused-ring (bicyclic) bond motifs is 4. The molecule has 166 valence electrons. The van der Waals surface area contributed by atoms with Crippen molar-refractivity contribution < 1.29 is 28.8 Å². The van der Waals surface area contributed by atoms with E-state index in [0.717, 1.165) is 23.1 Å². The second kappa shape index (κ2) is 8.08. The molecule has 0 unspecified atom stereocenters. The van der Waals surface area contributed by atoms with Gasteiger partial charge in [-0.3, -0.25) is 0 Å². The van der Waals surface area contributed by atoms with E-state index in [1.165, 1.54) is 0 Å². The zero-order valence-corrected chi connectivity index (χ0v) is 18.7. The van der Waals surface area contributed by atoms with Crippen LogP contribution >= 0.6 is 0 Å². The SMILES string of the molecule is CCOC(=O)C1=CC(=CCC(C)C)c2c(cc3c(c2OC)[C@H]2C=CC[C@@](C)(O)[C@H]2O3)O1. The molecular formula is C25H30O6. The largest absolute Gasteiger partial charge is 0.496 e. The number of methoxy groups -OCH3 is 1. The van der Waals surface area contributed by atoms with Crippen LogP contribution in [-0.4, -0.2) is 36.5 Å². The van der Waals surface area contributed by atoms with Crippen LogP contribution in [0.5, 0.6) is 17.2 Å². The quantitative estimate of drug-likeness (QED) is 0.551. The number of rotatable bonds is 5. The molecule has 4 rings (SSSR count). The summed E-state index contributed by atoms with van der Waals surface area (Å²) in [6.45, 7) is 8.09. The average molecular weight is 427 g/mol. The van der Waals surface area contributed by atoms with E-state index in [9.17, 15) is 9.90 Å². The Hall–Kier alpha value is -2.73. The number of esters is 1. The van der Waals surface area contributed by atoms with E-state index in [2.05, 4.69) is 26.0 Å². The lowest BCUT2D eigenvalue weighted by molar-refractivity contribution is -0.141. The number of allylic oxidation sites excluding steroid dienone is 3. The third-order valence-electron chi connectivity index (χ3n) is 5.93. The molecule has 6 heteroatoms. The minimum absolute atomic E-state index is 0.124. The molecule has 0 saturated carbocycles. The summed E-state index contributed by atoms with van der Waals surface area (Å²) >= 11 is 0. The molecule has 0 amide bonds. The van der Waals surface area contributed by atoms with Gasteiger partial charge in [0.1, 0.15) is 29.0 Å². The van der Waals surface area contributed by atoms with Crippen molar-refractivity contribution in [1.29, 1.82) is 0 Å². The van der Waals surface area contributed by atoms with Crippen LogP contribution in [0, 0.1) is 5.92 Å². The number of hydrogen-bond donors (Lipinski definition) is 1. The van der Waals surface area contributed by atoms with Gasteiger partial charge >= 0.3 is 5.97 Å². The summed E-state index contributed by atoms with van der Waals surface area (Å²) in [4.78, 5) is 12.4. The Balaban J connectivity index is 1.87. The van der Waals surface area contributed by atoms with Crippen molar-refractivity contribution in [2.45, 2.75) is 58.2 Å². The maximum atomic E-state index is 12.4. The fourth-order valence-electron chi connectivity index (χ4n) is 4.44. The van der Waals surface area contributed by atoms with Crippen molar-refractivity contribution in [1.82, 2.24) is 0 Å². The topological polar surface area (TPSA) is 74.2 Å². The van der Waals surface area contributed by atoms with Gasteiger partial charge in [0.15, 0.2) is 0 Å². The first-order valence-electron chi connectivity index (χ1n) is 10.8. The van der Waals surface area contributed by atoms with Crippen molar-refractivity contribution in [3.05, 3.63) is 47.3 Å². The molecule has 0 fully saturated rings. The van der Waals surface area contributed by atoms with E-state index in [0.29, 0.717) is 29.6 Å². The van der Waals surface area contributed by atoms with Gasteiger partial charge in [-0.2, -0.15) is 0 Å². The third-order valence-corrected chi connectivity index (χ3v) is 5.93. The number of carbonyl (C=O) groups is 1. The molecule has 3 atom stereocenters. The molecule has 31 heavy (non-hydrogen) atoms. The first-order chi connectivity index (χ1) is 14.8. The highest BCUT2D eigenvalue weighted by Crippen LogP contribution is 2.55. The normalized spacial score (nSPS) is 27.1. The lowest BCUT2D eigenvalue weighted by Gasteiger charge is -2.34. The predicted molar refractivity (Wildman–Crippen MR) is 117 cm³/mol. The molecule has 3 aliphatic rings. The Morgan fingerprint density at radius 3 is 2.84 bits per heavy atom. The lowest BCUT2D eigenvalue weighted by Crippen LogP contribution is -2.45. The fourth-order valence-corrected chi connectivity index (χ4v) is 4.44. The second-order valence-corrected chi connectivity index (χ2v) is 8.87. The first-order valence-corrected chi connectivity index (χ1v) is 10.8. The van der Waals surface area contributed by atoms with E-state index in [-0.39, 0.29) is 18.3 Å². The summed E-state index contributed by atoms with van der Waals surface area (Å²) in [7, 11) is 1.62. The van der Waals surface area contributed by atoms with Gasteiger partial charge in [0, 0.05) is 17.5 Å². The summed E-state index contributed by atoms with van der Waals surface area (Å²) < 4.78 is 23.2. The Morgan fingerprint density at radius 1 is 1.39 bits per heavy atom.